The third-order valence-corrected chi connectivity index (χ3v) is 2.27. The zero-order valence-corrected chi connectivity index (χ0v) is 11.1. The summed E-state index contributed by atoms with van der Waals surface area (Å²) in [5.41, 5.74) is 0. The topological polar surface area (TPSA) is 62.3 Å². The van der Waals surface area contributed by atoms with Crippen molar-refractivity contribution in [1.29, 1.82) is 0 Å². The quantitative estimate of drug-likeness (QED) is 0.768. The summed E-state index contributed by atoms with van der Waals surface area (Å²) in [7, 11) is 7.49. The van der Waals surface area contributed by atoms with Gasteiger partial charge in [-0.3, -0.25) is 0 Å². The molecule has 2 N–H and O–H groups in total. The predicted molar refractivity (Wildman–Crippen MR) is 69.8 cm³/mol. The summed E-state index contributed by atoms with van der Waals surface area (Å²) in [4.78, 5) is 10.4. The molecule has 6 nitrogen and oxygen atoms in total. The number of methoxy groups -OCH3 is 1. The largest absolute Gasteiger partial charge is 0.490 e. The van der Waals surface area contributed by atoms with Gasteiger partial charge in [-0.05, 0) is 21.0 Å². The Kier molecular flexibility index (Phi) is 4.96. The minimum absolute atomic E-state index is 0.276. The van der Waals surface area contributed by atoms with Crippen molar-refractivity contribution >= 4 is 11.6 Å². The van der Waals surface area contributed by atoms with Crippen LogP contribution in [0.5, 0.6) is 5.75 Å². The van der Waals surface area contributed by atoms with Crippen molar-refractivity contribution in [3.05, 3.63) is 6.33 Å². The molecular formula is C11H21N5O. The minimum atomic E-state index is 0.276. The van der Waals surface area contributed by atoms with E-state index in [1.54, 1.807) is 14.2 Å². The van der Waals surface area contributed by atoms with Crippen molar-refractivity contribution in [3.8, 4) is 5.75 Å². The lowest BCUT2D eigenvalue weighted by atomic mass is 10.3. The van der Waals surface area contributed by atoms with Crippen LogP contribution in [0.4, 0.5) is 11.6 Å². The third-order valence-electron chi connectivity index (χ3n) is 2.27. The Balaban J connectivity index is 2.83. The first-order valence-corrected chi connectivity index (χ1v) is 5.56. The number of ether oxygens (including phenoxy) is 1. The second-order valence-electron chi connectivity index (χ2n) is 4.16. The Labute approximate surface area is 102 Å². The highest BCUT2D eigenvalue weighted by Gasteiger charge is 2.13. The lowest BCUT2D eigenvalue weighted by Gasteiger charge is -2.20. The number of nitrogens with zero attached hydrogens (tertiary/aromatic N) is 3. The summed E-state index contributed by atoms with van der Waals surface area (Å²) in [6.45, 7) is 3.02. The van der Waals surface area contributed by atoms with Crippen molar-refractivity contribution in [2.45, 2.75) is 13.0 Å². The summed E-state index contributed by atoms with van der Waals surface area (Å²) in [6.07, 6.45) is 1.51. The summed E-state index contributed by atoms with van der Waals surface area (Å²) in [5.74, 6) is 2.03. The van der Waals surface area contributed by atoms with Gasteiger partial charge in [-0.1, -0.05) is 0 Å². The molecule has 0 spiro atoms. The number of likely N-dealkylation sites (N-methyl/N-ethyl adjacent to an activating group) is 1. The molecule has 0 radical (unpaired) electrons. The molecule has 0 aliphatic carbocycles. The molecule has 17 heavy (non-hydrogen) atoms. The number of anilines is 2. The van der Waals surface area contributed by atoms with Gasteiger partial charge >= 0.3 is 0 Å². The van der Waals surface area contributed by atoms with E-state index in [0.29, 0.717) is 17.4 Å². The van der Waals surface area contributed by atoms with Gasteiger partial charge in [0.1, 0.15) is 6.33 Å². The lowest BCUT2D eigenvalue weighted by molar-refractivity contribution is 0.388. The van der Waals surface area contributed by atoms with E-state index in [2.05, 4.69) is 32.4 Å². The molecule has 1 unspecified atom stereocenters. The van der Waals surface area contributed by atoms with Crippen LogP contribution in [-0.4, -0.2) is 55.7 Å². The molecule has 96 valence electrons. The van der Waals surface area contributed by atoms with Gasteiger partial charge in [-0.25, -0.2) is 9.97 Å². The summed E-state index contributed by atoms with van der Waals surface area (Å²) in [5, 5.41) is 6.28. The first-order valence-electron chi connectivity index (χ1n) is 5.56. The molecule has 6 heteroatoms. The van der Waals surface area contributed by atoms with Crippen LogP contribution in [0, 0.1) is 0 Å². The number of aromatic nitrogens is 2. The molecule has 0 bridgehead atoms. The maximum Gasteiger partial charge on any atom is 0.204 e. The molecule has 1 heterocycles. The minimum Gasteiger partial charge on any atom is -0.490 e. The van der Waals surface area contributed by atoms with Crippen LogP contribution in [-0.2, 0) is 0 Å². The second-order valence-corrected chi connectivity index (χ2v) is 4.16. The smallest absolute Gasteiger partial charge is 0.204 e. The third kappa shape index (κ3) is 3.74. The maximum atomic E-state index is 5.31. The van der Waals surface area contributed by atoms with Crippen molar-refractivity contribution in [2.75, 3.05) is 45.4 Å². The molecular weight excluding hydrogens is 218 g/mol. The molecule has 0 fully saturated rings. The van der Waals surface area contributed by atoms with Crippen LogP contribution >= 0.6 is 0 Å². The fourth-order valence-electron chi connectivity index (χ4n) is 1.67. The Morgan fingerprint density at radius 2 is 2.00 bits per heavy atom. The Morgan fingerprint density at radius 3 is 2.53 bits per heavy atom. The van der Waals surface area contributed by atoms with Gasteiger partial charge in [0.25, 0.3) is 0 Å². The Hall–Kier alpha value is -1.56. The van der Waals surface area contributed by atoms with E-state index in [0.717, 1.165) is 6.54 Å². The van der Waals surface area contributed by atoms with Crippen molar-refractivity contribution in [1.82, 2.24) is 14.9 Å². The van der Waals surface area contributed by atoms with Gasteiger partial charge in [-0.15, -0.1) is 0 Å². The molecule has 1 atom stereocenters. The monoisotopic (exact) mass is 239 g/mol. The SMILES string of the molecule is CNc1ncnc(NC(C)CN(C)C)c1OC. The highest BCUT2D eigenvalue weighted by atomic mass is 16.5. The second kappa shape index (κ2) is 6.24. The Bertz CT molecular complexity index is 356. The first-order chi connectivity index (χ1) is 8.08. The van der Waals surface area contributed by atoms with Crippen LogP contribution in [0.25, 0.3) is 0 Å². The van der Waals surface area contributed by atoms with Crippen LogP contribution in [0.1, 0.15) is 6.92 Å². The van der Waals surface area contributed by atoms with E-state index in [9.17, 15) is 0 Å². The van der Waals surface area contributed by atoms with Crippen molar-refractivity contribution in [2.24, 2.45) is 0 Å². The van der Waals surface area contributed by atoms with E-state index >= 15 is 0 Å². The van der Waals surface area contributed by atoms with Gasteiger partial charge in [0.05, 0.1) is 7.11 Å². The van der Waals surface area contributed by atoms with Gasteiger partial charge in [-0.2, -0.15) is 0 Å². The van der Waals surface area contributed by atoms with Crippen LogP contribution < -0.4 is 15.4 Å². The first kappa shape index (κ1) is 13.5. The number of rotatable bonds is 6. The molecule has 0 aromatic carbocycles. The van der Waals surface area contributed by atoms with E-state index in [-0.39, 0.29) is 6.04 Å². The van der Waals surface area contributed by atoms with Gasteiger partial charge in [0.15, 0.2) is 11.6 Å². The summed E-state index contributed by atoms with van der Waals surface area (Å²) < 4.78 is 5.31. The van der Waals surface area contributed by atoms with Crippen molar-refractivity contribution < 1.29 is 4.74 Å². The molecule has 0 aliphatic rings. The standard InChI is InChI=1S/C11H21N5O/c1-8(6-16(3)4)15-11-9(17-5)10(12-2)13-7-14-11/h7-8H,6H2,1-5H3,(H2,12,13,14,15). The number of hydrogen-bond donors (Lipinski definition) is 2. The molecule has 1 rings (SSSR count). The number of hydrogen-bond acceptors (Lipinski definition) is 6. The van der Waals surface area contributed by atoms with E-state index in [4.69, 9.17) is 4.74 Å². The highest BCUT2D eigenvalue weighted by Crippen LogP contribution is 2.28. The zero-order chi connectivity index (χ0) is 12.8. The molecule has 0 aliphatic heterocycles. The van der Waals surface area contributed by atoms with E-state index < -0.39 is 0 Å². The number of nitrogens with one attached hydrogen (secondary N) is 2. The predicted octanol–water partition coefficient (Wildman–Crippen LogP) is 0.889. The molecule has 1 aromatic heterocycles. The fraction of sp³-hybridized carbons (Fsp3) is 0.636. The highest BCUT2D eigenvalue weighted by molar-refractivity contribution is 5.63. The fourth-order valence-corrected chi connectivity index (χ4v) is 1.67. The van der Waals surface area contributed by atoms with Crippen molar-refractivity contribution in [3.63, 3.8) is 0 Å². The molecule has 1 aromatic rings. The average Bonchev–Trinajstić information content (AvgIpc) is 2.27. The summed E-state index contributed by atoms with van der Waals surface area (Å²) >= 11 is 0. The van der Waals surface area contributed by atoms with E-state index in [1.807, 2.05) is 14.1 Å². The molecule has 0 saturated carbocycles. The van der Waals surface area contributed by atoms with Crippen LogP contribution in [0.2, 0.25) is 0 Å². The summed E-state index contributed by atoms with van der Waals surface area (Å²) in [6, 6.07) is 0.276. The molecule has 0 saturated heterocycles. The van der Waals surface area contributed by atoms with Gasteiger partial charge < -0.3 is 20.3 Å². The van der Waals surface area contributed by atoms with Crippen LogP contribution in [0.15, 0.2) is 6.33 Å². The van der Waals surface area contributed by atoms with Gasteiger partial charge in [0.2, 0.25) is 5.75 Å². The normalized spacial score (nSPS) is 12.4. The average molecular weight is 239 g/mol. The zero-order valence-electron chi connectivity index (χ0n) is 11.1. The Morgan fingerprint density at radius 1 is 1.35 bits per heavy atom. The lowest BCUT2D eigenvalue weighted by Crippen LogP contribution is -2.30. The van der Waals surface area contributed by atoms with Crippen LogP contribution in [0.3, 0.4) is 0 Å². The van der Waals surface area contributed by atoms with Gasteiger partial charge in [0, 0.05) is 19.6 Å². The molecule has 0 amide bonds. The van der Waals surface area contributed by atoms with E-state index in [1.165, 1.54) is 6.33 Å². The maximum absolute atomic E-state index is 5.31.